The quantitative estimate of drug-likeness (QED) is 0.521. The van der Waals surface area contributed by atoms with Gasteiger partial charge in [-0.15, -0.1) is 0 Å². The fourth-order valence-electron chi connectivity index (χ4n) is 2.68. The molecular formula is C21H12ClN3O2. The van der Waals surface area contributed by atoms with Crippen LogP contribution in [0.15, 0.2) is 76.4 Å². The number of rotatable bonds is 1. The highest BCUT2D eigenvalue weighted by Gasteiger charge is 2.13. The van der Waals surface area contributed by atoms with Crippen LogP contribution < -0.4 is 11.2 Å². The fraction of sp³-hybridized carbons (Fsp3) is 0. The number of hydrogen-bond donors (Lipinski definition) is 1. The molecule has 6 heteroatoms. The van der Waals surface area contributed by atoms with E-state index in [9.17, 15) is 9.59 Å². The first kappa shape index (κ1) is 16.8. The molecule has 2 aromatic carbocycles. The van der Waals surface area contributed by atoms with Crippen molar-refractivity contribution in [3.8, 4) is 17.7 Å². The third kappa shape index (κ3) is 3.26. The minimum atomic E-state index is -0.601. The molecule has 0 unspecified atom stereocenters. The number of para-hydroxylation sites is 1. The van der Waals surface area contributed by atoms with Crippen LogP contribution in [0.1, 0.15) is 11.1 Å². The van der Waals surface area contributed by atoms with Crippen LogP contribution in [0.3, 0.4) is 0 Å². The van der Waals surface area contributed by atoms with E-state index >= 15 is 0 Å². The molecule has 0 spiro atoms. The van der Waals surface area contributed by atoms with Crippen molar-refractivity contribution in [1.29, 1.82) is 0 Å². The summed E-state index contributed by atoms with van der Waals surface area (Å²) in [6.07, 6.45) is 1.48. The van der Waals surface area contributed by atoms with Gasteiger partial charge in [0, 0.05) is 17.3 Å². The normalized spacial score (nSPS) is 10.4. The largest absolute Gasteiger partial charge is 0.334 e. The Labute approximate surface area is 158 Å². The Morgan fingerprint density at radius 1 is 0.926 bits per heavy atom. The van der Waals surface area contributed by atoms with Crippen LogP contribution in [0.25, 0.3) is 16.7 Å². The maximum atomic E-state index is 12.7. The topological polar surface area (TPSA) is 67.8 Å². The number of aromatic nitrogens is 3. The zero-order valence-corrected chi connectivity index (χ0v) is 14.7. The average molecular weight is 374 g/mol. The van der Waals surface area contributed by atoms with Crippen LogP contribution in [0.5, 0.6) is 0 Å². The van der Waals surface area contributed by atoms with Gasteiger partial charge in [0.25, 0.3) is 5.56 Å². The molecule has 1 N–H and O–H groups in total. The highest BCUT2D eigenvalue weighted by atomic mass is 35.5. The Hall–Kier alpha value is -3.62. The summed E-state index contributed by atoms with van der Waals surface area (Å²) >= 11 is 6.30. The average Bonchev–Trinajstić information content (AvgIpc) is 2.68. The van der Waals surface area contributed by atoms with E-state index in [-0.39, 0.29) is 10.8 Å². The zero-order chi connectivity index (χ0) is 18.8. The monoisotopic (exact) mass is 373 g/mol. The molecule has 27 heavy (non-hydrogen) atoms. The molecule has 0 bridgehead atoms. The van der Waals surface area contributed by atoms with Gasteiger partial charge in [0.1, 0.15) is 0 Å². The first-order valence-corrected chi connectivity index (χ1v) is 8.48. The Bertz CT molecular complexity index is 1330. The summed E-state index contributed by atoms with van der Waals surface area (Å²) in [5.41, 5.74) is 0.825. The van der Waals surface area contributed by atoms with Crippen LogP contribution in [0.4, 0.5) is 0 Å². The maximum absolute atomic E-state index is 12.7. The van der Waals surface area contributed by atoms with Crippen molar-refractivity contribution < 1.29 is 0 Å². The summed E-state index contributed by atoms with van der Waals surface area (Å²) in [4.78, 5) is 32.0. The molecule has 2 aromatic heterocycles. The molecule has 0 fully saturated rings. The molecule has 130 valence electrons. The van der Waals surface area contributed by atoms with Gasteiger partial charge in [-0.1, -0.05) is 53.8 Å². The summed E-state index contributed by atoms with van der Waals surface area (Å²) in [6, 6.07) is 17.9. The van der Waals surface area contributed by atoms with E-state index in [1.54, 1.807) is 30.3 Å². The Morgan fingerprint density at radius 3 is 2.41 bits per heavy atom. The van der Waals surface area contributed by atoms with Crippen LogP contribution in [-0.4, -0.2) is 14.5 Å². The predicted octanol–water partition coefficient (Wildman–Crippen LogP) is 3.13. The van der Waals surface area contributed by atoms with E-state index in [0.29, 0.717) is 16.5 Å². The smallest absolute Gasteiger partial charge is 0.306 e. The van der Waals surface area contributed by atoms with Crippen molar-refractivity contribution in [1.82, 2.24) is 14.5 Å². The first-order valence-electron chi connectivity index (χ1n) is 8.10. The summed E-state index contributed by atoms with van der Waals surface area (Å²) in [5, 5.41) is 0.542. The van der Waals surface area contributed by atoms with Gasteiger partial charge in [0.05, 0.1) is 15.9 Å². The van der Waals surface area contributed by atoms with Gasteiger partial charge < -0.3 is 4.98 Å². The summed E-state index contributed by atoms with van der Waals surface area (Å²) in [5.74, 6) is 6.05. The number of fused-ring (bicyclic) bond motifs is 1. The SMILES string of the molecule is O=c1[nH]c2ccccc2c(=O)n1-c1ncc(C#Cc2ccccc2)cc1Cl. The van der Waals surface area contributed by atoms with Crippen LogP contribution in [-0.2, 0) is 0 Å². The van der Waals surface area contributed by atoms with Gasteiger partial charge in [-0.3, -0.25) is 4.79 Å². The number of hydrogen-bond acceptors (Lipinski definition) is 3. The molecule has 0 saturated heterocycles. The number of pyridine rings is 1. The number of nitrogens with zero attached hydrogens (tertiary/aromatic N) is 2. The lowest BCUT2D eigenvalue weighted by molar-refractivity contribution is 0.868. The lowest BCUT2D eigenvalue weighted by atomic mass is 10.2. The van der Waals surface area contributed by atoms with Crippen LogP contribution in [0, 0.1) is 11.8 Å². The Morgan fingerprint density at radius 2 is 1.63 bits per heavy atom. The van der Waals surface area contributed by atoms with Crippen molar-refractivity contribution >= 4 is 22.5 Å². The van der Waals surface area contributed by atoms with Gasteiger partial charge in [-0.2, -0.15) is 0 Å². The molecular weight excluding hydrogens is 362 g/mol. The Kier molecular flexibility index (Phi) is 4.33. The Balaban J connectivity index is 1.81. The molecule has 0 saturated carbocycles. The molecule has 5 nitrogen and oxygen atoms in total. The summed E-state index contributed by atoms with van der Waals surface area (Å²) < 4.78 is 0.930. The molecule has 0 aliphatic carbocycles. The molecule has 0 aliphatic rings. The zero-order valence-electron chi connectivity index (χ0n) is 13.9. The van der Waals surface area contributed by atoms with E-state index in [1.807, 2.05) is 30.3 Å². The number of H-pyrrole nitrogens is 1. The third-order valence-electron chi connectivity index (χ3n) is 3.96. The van der Waals surface area contributed by atoms with Crippen molar-refractivity contribution in [3.05, 3.63) is 104 Å². The second kappa shape index (κ2) is 6.94. The van der Waals surface area contributed by atoms with Gasteiger partial charge >= 0.3 is 5.69 Å². The number of nitrogens with one attached hydrogen (secondary N) is 1. The molecule has 4 rings (SSSR count). The van der Waals surface area contributed by atoms with Gasteiger partial charge in [0.15, 0.2) is 5.82 Å². The van der Waals surface area contributed by atoms with Crippen molar-refractivity contribution in [2.24, 2.45) is 0 Å². The van der Waals surface area contributed by atoms with Crippen LogP contribution in [0.2, 0.25) is 5.02 Å². The lowest BCUT2D eigenvalue weighted by Crippen LogP contribution is -2.34. The summed E-state index contributed by atoms with van der Waals surface area (Å²) in [7, 11) is 0. The maximum Gasteiger partial charge on any atom is 0.334 e. The third-order valence-corrected chi connectivity index (χ3v) is 4.24. The van der Waals surface area contributed by atoms with E-state index in [0.717, 1.165) is 10.1 Å². The first-order chi connectivity index (χ1) is 13.1. The van der Waals surface area contributed by atoms with E-state index in [1.165, 1.54) is 6.20 Å². The van der Waals surface area contributed by atoms with Crippen LogP contribution >= 0.6 is 11.6 Å². The van der Waals surface area contributed by atoms with Gasteiger partial charge in [-0.05, 0) is 30.3 Å². The van der Waals surface area contributed by atoms with E-state index in [4.69, 9.17) is 11.6 Å². The van der Waals surface area contributed by atoms with E-state index < -0.39 is 11.2 Å². The summed E-state index contributed by atoms with van der Waals surface area (Å²) in [6.45, 7) is 0. The fourth-order valence-corrected chi connectivity index (χ4v) is 2.94. The molecule has 2 heterocycles. The lowest BCUT2D eigenvalue weighted by Gasteiger charge is -2.07. The molecule has 0 aliphatic heterocycles. The minimum absolute atomic E-state index is 0.0685. The predicted molar refractivity (Wildman–Crippen MR) is 105 cm³/mol. The number of benzene rings is 2. The standard InChI is InChI=1S/C21H12ClN3O2/c22-17-12-15(11-10-14-6-2-1-3-7-14)13-23-19(17)25-20(26)16-8-4-5-9-18(16)24-21(25)27/h1-9,12-13H,(H,24,27). The highest BCUT2D eigenvalue weighted by molar-refractivity contribution is 6.32. The second-order valence-corrected chi connectivity index (χ2v) is 6.17. The van der Waals surface area contributed by atoms with Gasteiger partial charge in [-0.25, -0.2) is 14.3 Å². The minimum Gasteiger partial charge on any atom is -0.306 e. The van der Waals surface area contributed by atoms with Gasteiger partial charge in [0.2, 0.25) is 0 Å². The molecule has 0 atom stereocenters. The number of halogens is 1. The molecule has 4 aromatic rings. The van der Waals surface area contributed by atoms with E-state index in [2.05, 4.69) is 21.8 Å². The van der Waals surface area contributed by atoms with Crippen molar-refractivity contribution in [3.63, 3.8) is 0 Å². The van der Waals surface area contributed by atoms with Crippen molar-refractivity contribution in [2.75, 3.05) is 0 Å². The molecule has 0 radical (unpaired) electrons. The van der Waals surface area contributed by atoms with Crippen molar-refractivity contribution in [2.45, 2.75) is 0 Å². The second-order valence-electron chi connectivity index (χ2n) is 5.76. The highest BCUT2D eigenvalue weighted by Crippen LogP contribution is 2.17. The number of aromatic amines is 1. The molecule has 0 amide bonds.